The van der Waals surface area contributed by atoms with Gasteiger partial charge in [-0.3, -0.25) is 14.4 Å². The average Bonchev–Trinajstić information content (AvgIpc) is 3.34. The minimum atomic E-state index is -0.743. The third kappa shape index (κ3) is 4.16. The van der Waals surface area contributed by atoms with Crippen molar-refractivity contribution in [2.75, 3.05) is 6.54 Å². The molecule has 27 heavy (non-hydrogen) atoms. The summed E-state index contributed by atoms with van der Waals surface area (Å²) in [6.45, 7) is 2.04. The monoisotopic (exact) mass is 370 g/mol. The number of amides is 3. The molecule has 1 aromatic heterocycles. The van der Waals surface area contributed by atoms with Crippen LogP contribution in [-0.2, 0) is 14.4 Å². The summed E-state index contributed by atoms with van der Waals surface area (Å²) in [7, 11) is 0. The van der Waals surface area contributed by atoms with E-state index in [1.54, 1.807) is 43.4 Å². The molecule has 8 heteroatoms. The number of hydrogen-bond donors (Lipinski definition) is 2. The number of pyridine rings is 1. The summed E-state index contributed by atoms with van der Waals surface area (Å²) in [5, 5.41) is 12.4. The zero-order chi connectivity index (χ0) is 19.4. The van der Waals surface area contributed by atoms with E-state index in [1.165, 1.54) is 17.2 Å². The molecule has 2 N–H and O–H groups in total. The molecule has 8 nitrogen and oxygen atoms in total. The molecule has 1 saturated heterocycles. The second-order valence-corrected chi connectivity index (χ2v) is 6.57. The molecule has 2 atom stereocenters. The summed E-state index contributed by atoms with van der Waals surface area (Å²) in [4.78, 5) is 42.9. The summed E-state index contributed by atoms with van der Waals surface area (Å²) in [6.07, 6.45) is 9.61. The minimum Gasteiger partial charge on any atom is -0.427 e. The second kappa shape index (κ2) is 8.03. The highest BCUT2D eigenvalue weighted by Gasteiger charge is 2.36. The van der Waals surface area contributed by atoms with Crippen LogP contribution in [0.15, 0.2) is 53.7 Å². The van der Waals surface area contributed by atoms with Gasteiger partial charge >= 0.3 is 0 Å². The first-order valence-electron chi connectivity index (χ1n) is 8.89. The number of nitrogens with one attached hydrogen (secondary N) is 1. The summed E-state index contributed by atoms with van der Waals surface area (Å²) >= 11 is 0. The van der Waals surface area contributed by atoms with Crippen molar-refractivity contribution in [1.82, 2.24) is 14.9 Å². The number of rotatable bonds is 4. The lowest BCUT2D eigenvalue weighted by molar-refractivity contribution is -0.140. The zero-order valence-corrected chi connectivity index (χ0v) is 15.0. The van der Waals surface area contributed by atoms with Gasteiger partial charge in [0.15, 0.2) is 5.49 Å². The molecule has 1 aliphatic carbocycles. The van der Waals surface area contributed by atoms with E-state index in [0.717, 1.165) is 4.73 Å². The number of aromatic nitrogens is 1. The van der Waals surface area contributed by atoms with E-state index in [9.17, 15) is 19.6 Å². The standard InChI is InChI=1S/C19H22N4O4/c1-13(20-17(24)14-7-2-3-8-14)19(26)22-11-6-9-15(22)18(25)21-16-10-4-5-12-23(16)27/h2-5,7-8,10,12-15,27H,6,9,11H2,1H3,(H,20,24)/t13-,15-/m0/s1. The first-order valence-corrected chi connectivity index (χ1v) is 8.89. The zero-order valence-electron chi connectivity index (χ0n) is 15.0. The smallest absolute Gasteiger partial charge is 0.270 e. The fraction of sp³-hybridized carbons (Fsp3) is 0.368. The number of nitrogens with zero attached hydrogens (tertiary/aromatic N) is 3. The van der Waals surface area contributed by atoms with Gasteiger partial charge in [0.05, 0.1) is 5.92 Å². The molecular formula is C19H22N4O4. The topological polar surface area (TPSA) is 104 Å². The van der Waals surface area contributed by atoms with Gasteiger partial charge in [-0.1, -0.05) is 30.4 Å². The van der Waals surface area contributed by atoms with Crippen molar-refractivity contribution in [3.8, 4) is 0 Å². The second-order valence-electron chi connectivity index (χ2n) is 6.57. The quantitative estimate of drug-likeness (QED) is 0.748. The highest BCUT2D eigenvalue weighted by atomic mass is 16.5. The molecule has 0 aromatic carbocycles. The van der Waals surface area contributed by atoms with Crippen LogP contribution in [0.25, 0.3) is 0 Å². The molecule has 0 bridgehead atoms. The van der Waals surface area contributed by atoms with Crippen LogP contribution in [0.1, 0.15) is 19.8 Å². The van der Waals surface area contributed by atoms with Gasteiger partial charge in [-0.15, -0.1) is 0 Å². The van der Waals surface area contributed by atoms with Crippen LogP contribution in [0.2, 0.25) is 0 Å². The van der Waals surface area contributed by atoms with Gasteiger partial charge in [0, 0.05) is 12.7 Å². The lowest BCUT2D eigenvalue weighted by Crippen LogP contribution is -2.51. The SMILES string of the molecule is C[C@H](NC(=O)C1C=CC=C1)C(=O)N1CCC[C@H]1C(=O)N=c1ccccn1O. The number of carbonyl (C=O) groups is 3. The largest absolute Gasteiger partial charge is 0.427 e. The van der Waals surface area contributed by atoms with Gasteiger partial charge in [0.25, 0.3) is 5.91 Å². The van der Waals surface area contributed by atoms with Crippen LogP contribution >= 0.6 is 0 Å². The van der Waals surface area contributed by atoms with E-state index < -0.39 is 18.0 Å². The lowest BCUT2D eigenvalue weighted by atomic mass is 10.1. The van der Waals surface area contributed by atoms with Crippen LogP contribution in [0, 0.1) is 5.92 Å². The number of likely N-dealkylation sites (tertiary alicyclic amines) is 1. The van der Waals surface area contributed by atoms with Crippen molar-refractivity contribution in [2.24, 2.45) is 10.9 Å². The third-order valence-corrected chi connectivity index (χ3v) is 4.64. The van der Waals surface area contributed by atoms with Crippen LogP contribution in [0.5, 0.6) is 0 Å². The van der Waals surface area contributed by atoms with Crippen LogP contribution in [0.3, 0.4) is 0 Å². The Morgan fingerprint density at radius 2 is 2.00 bits per heavy atom. The average molecular weight is 370 g/mol. The van der Waals surface area contributed by atoms with E-state index in [0.29, 0.717) is 19.4 Å². The third-order valence-electron chi connectivity index (χ3n) is 4.64. The molecular weight excluding hydrogens is 348 g/mol. The highest BCUT2D eigenvalue weighted by molar-refractivity contribution is 5.93. The molecule has 1 aliphatic heterocycles. The van der Waals surface area contributed by atoms with E-state index in [-0.39, 0.29) is 23.2 Å². The molecule has 0 spiro atoms. The van der Waals surface area contributed by atoms with Gasteiger partial charge < -0.3 is 15.4 Å². The molecule has 3 amide bonds. The van der Waals surface area contributed by atoms with E-state index in [1.807, 2.05) is 0 Å². The molecule has 0 saturated carbocycles. The molecule has 2 heterocycles. The number of hydrogen-bond acceptors (Lipinski definition) is 4. The fourth-order valence-corrected chi connectivity index (χ4v) is 3.22. The number of carbonyl (C=O) groups excluding carboxylic acids is 3. The Morgan fingerprint density at radius 3 is 2.70 bits per heavy atom. The van der Waals surface area contributed by atoms with Crippen molar-refractivity contribution in [3.05, 3.63) is 54.2 Å². The Labute approximate surface area is 156 Å². The van der Waals surface area contributed by atoms with Crippen LogP contribution < -0.4 is 10.8 Å². The summed E-state index contributed by atoms with van der Waals surface area (Å²) < 4.78 is 0.754. The Hall–Kier alpha value is -3.16. The van der Waals surface area contributed by atoms with Crippen molar-refractivity contribution < 1.29 is 19.6 Å². The maximum absolute atomic E-state index is 12.8. The molecule has 142 valence electrons. The molecule has 2 aliphatic rings. The fourth-order valence-electron chi connectivity index (χ4n) is 3.22. The Balaban J connectivity index is 1.68. The molecule has 0 radical (unpaired) electrons. The highest BCUT2D eigenvalue weighted by Crippen LogP contribution is 2.20. The Morgan fingerprint density at radius 1 is 1.26 bits per heavy atom. The molecule has 0 unspecified atom stereocenters. The van der Waals surface area contributed by atoms with Crippen LogP contribution in [0.4, 0.5) is 0 Å². The van der Waals surface area contributed by atoms with Crippen molar-refractivity contribution in [2.45, 2.75) is 31.8 Å². The molecule has 3 rings (SSSR count). The van der Waals surface area contributed by atoms with Crippen molar-refractivity contribution in [3.63, 3.8) is 0 Å². The maximum Gasteiger partial charge on any atom is 0.270 e. The van der Waals surface area contributed by atoms with Crippen LogP contribution in [-0.4, -0.2) is 51.2 Å². The summed E-state index contributed by atoms with van der Waals surface area (Å²) in [5.74, 6) is -1.43. The van der Waals surface area contributed by atoms with Gasteiger partial charge in [0.2, 0.25) is 11.8 Å². The predicted octanol–water partition coefficient (Wildman–Crippen LogP) is 0.391. The van der Waals surface area contributed by atoms with E-state index in [4.69, 9.17) is 0 Å². The van der Waals surface area contributed by atoms with Gasteiger partial charge in [0.1, 0.15) is 12.1 Å². The predicted molar refractivity (Wildman–Crippen MR) is 96.3 cm³/mol. The van der Waals surface area contributed by atoms with Crippen molar-refractivity contribution >= 4 is 17.7 Å². The van der Waals surface area contributed by atoms with E-state index >= 15 is 0 Å². The van der Waals surface area contributed by atoms with Crippen molar-refractivity contribution in [1.29, 1.82) is 0 Å². The first-order chi connectivity index (χ1) is 13.0. The first kappa shape index (κ1) is 18.6. The minimum absolute atomic E-state index is 0.1000. The lowest BCUT2D eigenvalue weighted by Gasteiger charge is -2.26. The van der Waals surface area contributed by atoms with Gasteiger partial charge in [-0.05, 0) is 31.9 Å². The maximum atomic E-state index is 12.8. The Kier molecular flexibility index (Phi) is 5.54. The number of allylic oxidation sites excluding steroid dienone is 2. The van der Waals surface area contributed by atoms with Gasteiger partial charge in [-0.2, -0.15) is 9.72 Å². The Bertz CT molecular complexity index is 858. The summed E-state index contributed by atoms with van der Waals surface area (Å²) in [6, 6.07) is 3.33. The molecule has 1 aromatic rings. The normalized spacial score (nSPS) is 20.9. The molecule has 1 fully saturated rings. The van der Waals surface area contributed by atoms with E-state index in [2.05, 4.69) is 10.3 Å². The summed E-state index contributed by atoms with van der Waals surface area (Å²) in [5.41, 5.74) is 0.1000. The van der Waals surface area contributed by atoms with Gasteiger partial charge in [-0.25, -0.2) is 0 Å².